The molecule has 0 bridgehead atoms. The van der Waals surface area contributed by atoms with E-state index in [9.17, 15) is 0 Å². The van der Waals surface area contributed by atoms with E-state index in [1.807, 2.05) is 22.8 Å². The summed E-state index contributed by atoms with van der Waals surface area (Å²) in [4.78, 5) is 4.42. The lowest BCUT2D eigenvalue weighted by molar-refractivity contribution is 0.763. The van der Waals surface area contributed by atoms with Crippen LogP contribution in [-0.2, 0) is 6.42 Å². The van der Waals surface area contributed by atoms with Gasteiger partial charge in [-0.1, -0.05) is 13.8 Å². The number of nitrogens with zero attached hydrogens (tertiary/aromatic N) is 3. The van der Waals surface area contributed by atoms with Crippen molar-refractivity contribution in [3.05, 3.63) is 29.7 Å². The smallest absolute Gasteiger partial charge is 0.153 e. The van der Waals surface area contributed by atoms with Crippen LogP contribution in [0.1, 0.15) is 31.2 Å². The summed E-state index contributed by atoms with van der Waals surface area (Å²) >= 11 is 0. The SMILES string of the molecule is CC(C)c1ccc2nc(CCN)cn2n1. The van der Waals surface area contributed by atoms with Crippen LogP contribution < -0.4 is 5.73 Å². The molecule has 0 radical (unpaired) electrons. The van der Waals surface area contributed by atoms with Crippen molar-refractivity contribution in [1.29, 1.82) is 0 Å². The Kier molecular flexibility index (Phi) is 2.68. The lowest BCUT2D eigenvalue weighted by Crippen LogP contribution is -2.02. The van der Waals surface area contributed by atoms with Crippen molar-refractivity contribution in [2.24, 2.45) is 5.73 Å². The molecule has 0 spiro atoms. The molecular formula is C11H16N4. The molecule has 0 saturated heterocycles. The zero-order valence-electron chi connectivity index (χ0n) is 9.14. The quantitative estimate of drug-likeness (QED) is 0.821. The second-order valence-corrected chi connectivity index (χ2v) is 3.99. The average molecular weight is 204 g/mol. The van der Waals surface area contributed by atoms with Crippen LogP contribution in [-0.4, -0.2) is 21.1 Å². The molecule has 2 aromatic heterocycles. The van der Waals surface area contributed by atoms with Crippen molar-refractivity contribution in [3.63, 3.8) is 0 Å². The first kappa shape index (κ1) is 10.1. The van der Waals surface area contributed by atoms with Crippen LogP contribution in [0.2, 0.25) is 0 Å². The van der Waals surface area contributed by atoms with E-state index in [2.05, 4.69) is 23.9 Å². The first-order valence-electron chi connectivity index (χ1n) is 5.26. The molecule has 0 fully saturated rings. The number of nitrogens with two attached hydrogens (primary N) is 1. The van der Waals surface area contributed by atoms with Gasteiger partial charge in [0.1, 0.15) is 0 Å². The first-order chi connectivity index (χ1) is 7.20. The van der Waals surface area contributed by atoms with Crippen LogP contribution in [0, 0.1) is 0 Å². The minimum Gasteiger partial charge on any atom is -0.330 e. The first-order valence-corrected chi connectivity index (χ1v) is 5.26. The largest absolute Gasteiger partial charge is 0.330 e. The fourth-order valence-corrected chi connectivity index (χ4v) is 1.52. The zero-order valence-corrected chi connectivity index (χ0v) is 9.14. The maximum Gasteiger partial charge on any atom is 0.153 e. The molecule has 0 saturated carbocycles. The Bertz CT molecular complexity index is 459. The highest BCUT2D eigenvalue weighted by Gasteiger charge is 2.05. The maximum atomic E-state index is 5.49. The van der Waals surface area contributed by atoms with Crippen molar-refractivity contribution >= 4 is 5.65 Å². The molecule has 0 unspecified atom stereocenters. The van der Waals surface area contributed by atoms with Gasteiger partial charge < -0.3 is 5.73 Å². The summed E-state index contributed by atoms with van der Waals surface area (Å²) in [5.41, 5.74) is 8.47. The molecule has 2 aromatic rings. The van der Waals surface area contributed by atoms with Gasteiger partial charge in [-0.2, -0.15) is 5.10 Å². The highest BCUT2D eigenvalue weighted by atomic mass is 15.2. The molecule has 15 heavy (non-hydrogen) atoms. The van der Waals surface area contributed by atoms with Crippen LogP contribution >= 0.6 is 0 Å². The number of aromatic nitrogens is 3. The molecular weight excluding hydrogens is 188 g/mol. The van der Waals surface area contributed by atoms with E-state index in [-0.39, 0.29) is 0 Å². The Labute approximate surface area is 89.1 Å². The molecule has 0 aliphatic carbocycles. The predicted molar refractivity (Wildman–Crippen MR) is 59.8 cm³/mol. The minimum atomic E-state index is 0.440. The monoisotopic (exact) mass is 204 g/mol. The normalized spacial score (nSPS) is 11.5. The molecule has 0 atom stereocenters. The number of rotatable bonds is 3. The highest BCUT2D eigenvalue weighted by molar-refractivity contribution is 5.38. The summed E-state index contributed by atoms with van der Waals surface area (Å²) in [5, 5.41) is 4.49. The van der Waals surface area contributed by atoms with E-state index in [4.69, 9.17) is 5.73 Å². The fraction of sp³-hybridized carbons (Fsp3) is 0.455. The van der Waals surface area contributed by atoms with Crippen molar-refractivity contribution in [3.8, 4) is 0 Å². The van der Waals surface area contributed by atoms with Crippen molar-refractivity contribution in [1.82, 2.24) is 14.6 Å². The number of hydrogen-bond acceptors (Lipinski definition) is 3. The van der Waals surface area contributed by atoms with E-state index in [1.54, 1.807) is 0 Å². The van der Waals surface area contributed by atoms with E-state index in [0.29, 0.717) is 12.5 Å². The Morgan fingerprint density at radius 1 is 1.40 bits per heavy atom. The van der Waals surface area contributed by atoms with Crippen LogP contribution in [0.15, 0.2) is 18.3 Å². The van der Waals surface area contributed by atoms with Crippen LogP contribution in [0.5, 0.6) is 0 Å². The zero-order chi connectivity index (χ0) is 10.8. The summed E-state index contributed by atoms with van der Waals surface area (Å²) in [6, 6.07) is 4.03. The number of fused-ring (bicyclic) bond motifs is 1. The molecule has 0 aliphatic heterocycles. The standard InChI is InChI=1S/C11H16N4/c1-8(2)10-3-4-11-13-9(5-6-12)7-15(11)14-10/h3-4,7-8H,5-6,12H2,1-2H3. The second-order valence-electron chi connectivity index (χ2n) is 3.99. The molecule has 2 N–H and O–H groups in total. The number of imidazole rings is 1. The van der Waals surface area contributed by atoms with Gasteiger partial charge in [-0.05, 0) is 24.6 Å². The topological polar surface area (TPSA) is 56.2 Å². The molecule has 2 heterocycles. The van der Waals surface area contributed by atoms with Gasteiger partial charge in [0.25, 0.3) is 0 Å². The molecule has 4 heteroatoms. The fourth-order valence-electron chi connectivity index (χ4n) is 1.52. The molecule has 0 aromatic carbocycles. The summed E-state index contributed by atoms with van der Waals surface area (Å²) < 4.78 is 1.83. The van der Waals surface area contributed by atoms with Gasteiger partial charge in [0.15, 0.2) is 5.65 Å². The van der Waals surface area contributed by atoms with Crippen molar-refractivity contribution in [2.75, 3.05) is 6.54 Å². The van der Waals surface area contributed by atoms with Crippen LogP contribution in [0.4, 0.5) is 0 Å². The van der Waals surface area contributed by atoms with E-state index >= 15 is 0 Å². The van der Waals surface area contributed by atoms with Gasteiger partial charge in [-0.25, -0.2) is 9.50 Å². The van der Waals surface area contributed by atoms with Gasteiger partial charge >= 0.3 is 0 Å². The van der Waals surface area contributed by atoms with Gasteiger partial charge in [0, 0.05) is 6.42 Å². The highest BCUT2D eigenvalue weighted by Crippen LogP contribution is 2.12. The summed E-state index contributed by atoms with van der Waals surface area (Å²) in [6.07, 6.45) is 2.76. The number of hydrogen-bond donors (Lipinski definition) is 1. The van der Waals surface area contributed by atoms with Gasteiger partial charge in [-0.15, -0.1) is 0 Å². The van der Waals surface area contributed by atoms with Crippen LogP contribution in [0.3, 0.4) is 0 Å². The molecule has 0 aliphatic rings. The van der Waals surface area contributed by atoms with E-state index in [1.165, 1.54) is 0 Å². The second kappa shape index (κ2) is 3.98. The predicted octanol–water partition coefficient (Wildman–Crippen LogP) is 1.35. The Hall–Kier alpha value is -1.42. The lowest BCUT2D eigenvalue weighted by atomic mass is 10.1. The summed E-state index contributed by atoms with van der Waals surface area (Å²) in [7, 11) is 0. The lowest BCUT2D eigenvalue weighted by Gasteiger charge is -2.02. The van der Waals surface area contributed by atoms with Gasteiger partial charge in [0.2, 0.25) is 0 Å². The molecule has 2 rings (SSSR count). The van der Waals surface area contributed by atoms with Gasteiger partial charge in [0.05, 0.1) is 17.6 Å². The van der Waals surface area contributed by atoms with Gasteiger partial charge in [-0.3, -0.25) is 0 Å². The van der Waals surface area contributed by atoms with E-state index < -0.39 is 0 Å². The third kappa shape index (κ3) is 1.99. The molecule has 4 nitrogen and oxygen atoms in total. The maximum absolute atomic E-state index is 5.49. The molecule has 80 valence electrons. The Balaban J connectivity index is 2.43. The van der Waals surface area contributed by atoms with Crippen LogP contribution in [0.25, 0.3) is 5.65 Å². The Morgan fingerprint density at radius 3 is 2.87 bits per heavy atom. The Morgan fingerprint density at radius 2 is 2.20 bits per heavy atom. The van der Waals surface area contributed by atoms with Crippen molar-refractivity contribution in [2.45, 2.75) is 26.2 Å². The average Bonchev–Trinajstić information content (AvgIpc) is 2.59. The summed E-state index contributed by atoms with van der Waals surface area (Å²) in [5.74, 6) is 0.440. The minimum absolute atomic E-state index is 0.440. The summed E-state index contributed by atoms with van der Waals surface area (Å²) in [6.45, 7) is 4.89. The van der Waals surface area contributed by atoms with Crippen molar-refractivity contribution < 1.29 is 0 Å². The van der Waals surface area contributed by atoms with E-state index in [0.717, 1.165) is 23.5 Å². The third-order valence-corrected chi connectivity index (χ3v) is 2.38. The third-order valence-electron chi connectivity index (χ3n) is 2.38. The molecule has 0 amide bonds.